The minimum Gasteiger partial charge on any atom is -0.507 e. The first-order chi connectivity index (χ1) is 16.0. The van der Waals surface area contributed by atoms with E-state index in [1.165, 1.54) is 4.90 Å². The van der Waals surface area contributed by atoms with Crippen molar-refractivity contribution in [1.82, 2.24) is 0 Å². The molecule has 166 valence electrons. The number of aryl methyl sites for hydroxylation is 1. The van der Waals surface area contributed by atoms with Crippen LogP contribution >= 0.6 is 0 Å². The Bertz CT molecular complexity index is 1270. The lowest BCUT2D eigenvalue weighted by Gasteiger charge is -2.28. The summed E-state index contributed by atoms with van der Waals surface area (Å²) in [5, 5.41) is 11.4. The van der Waals surface area contributed by atoms with E-state index in [1.54, 1.807) is 18.2 Å². The van der Waals surface area contributed by atoms with Crippen LogP contribution in [0.25, 0.3) is 5.76 Å². The van der Waals surface area contributed by atoms with Crippen LogP contribution in [0.2, 0.25) is 0 Å². The van der Waals surface area contributed by atoms with Gasteiger partial charge in [-0.15, -0.1) is 0 Å². The van der Waals surface area contributed by atoms with Gasteiger partial charge in [0.15, 0.2) is 0 Å². The Morgan fingerprint density at radius 3 is 2.45 bits per heavy atom. The smallest absolute Gasteiger partial charge is 0.300 e. The van der Waals surface area contributed by atoms with Crippen LogP contribution in [0.1, 0.15) is 22.7 Å². The first kappa shape index (κ1) is 20.8. The van der Waals surface area contributed by atoms with Gasteiger partial charge in [-0.25, -0.2) is 0 Å². The number of hydrogen-bond donors (Lipinski definition) is 1. The molecule has 1 saturated heterocycles. The number of carbonyl (C=O) groups is 2. The van der Waals surface area contributed by atoms with E-state index in [0.717, 1.165) is 29.1 Å². The van der Waals surface area contributed by atoms with Crippen LogP contribution in [0.4, 0.5) is 11.4 Å². The third-order valence-electron chi connectivity index (χ3n) is 6.20. The molecular weight excluding hydrogens is 416 g/mol. The highest BCUT2D eigenvalue weighted by molar-refractivity contribution is 6.51. The van der Waals surface area contributed by atoms with Crippen LogP contribution in [0.3, 0.4) is 0 Å². The normalized spacial score (nSPS) is 19.4. The van der Waals surface area contributed by atoms with Crippen molar-refractivity contribution in [1.29, 1.82) is 0 Å². The lowest BCUT2D eigenvalue weighted by Crippen LogP contribution is -2.29. The summed E-state index contributed by atoms with van der Waals surface area (Å²) in [7, 11) is 1.95. The molecule has 0 saturated carbocycles. The lowest BCUT2D eigenvalue weighted by atomic mass is 9.95. The van der Waals surface area contributed by atoms with Crippen LogP contribution in [0.5, 0.6) is 5.75 Å². The molecule has 1 unspecified atom stereocenters. The Kier molecular flexibility index (Phi) is 5.13. The number of ketones is 1. The summed E-state index contributed by atoms with van der Waals surface area (Å²) in [6.45, 7) is 3.27. The van der Waals surface area contributed by atoms with Gasteiger partial charge < -0.3 is 14.7 Å². The number of nitrogens with zero attached hydrogens (tertiary/aromatic N) is 2. The summed E-state index contributed by atoms with van der Waals surface area (Å²) in [5.41, 5.74) is 3.77. The van der Waals surface area contributed by atoms with E-state index < -0.39 is 17.7 Å². The number of ether oxygens (including phenoxy) is 1. The van der Waals surface area contributed by atoms with Gasteiger partial charge in [0.2, 0.25) is 0 Å². The molecule has 0 radical (unpaired) electrons. The van der Waals surface area contributed by atoms with E-state index >= 15 is 0 Å². The SMILES string of the molecule is Cc1ccc(N2C(=O)C(=O)/C(=C(\O)c3ccc4c(c3)N(C)CCO4)C2c2ccccc2)cc1. The Labute approximate surface area is 192 Å². The Morgan fingerprint density at radius 2 is 1.73 bits per heavy atom. The second-order valence-corrected chi connectivity index (χ2v) is 8.37. The number of anilines is 2. The van der Waals surface area contributed by atoms with Crippen molar-refractivity contribution in [3.05, 3.63) is 95.1 Å². The number of rotatable bonds is 3. The molecule has 2 heterocycles. The van der Waals surface area contributed by atoms with Crippen molar-refractivity contribution in [2.75, 3.05) is 30.0 Å². The molecule has 2 aliphatic rings. The van der Waals surface area contributed by atoms with Gasteiger partial charge in [-0.05, 0) is 42.8 Å². The highest BCUT2D eigenvalue weighted by atomic mass is 16.5. The number of likely N-dealkylation sites (N-methyl/N-ethyl adjacent to an activating group) is 1. The molecule has 1 amide bonds. The predicted molar refractivity (Wildman–Crippen MR) is 128 cm³/mol. The van der Waals surface area contributed by atoms with E-state index in [2.05, 4.69) is 0 Å². The molecule has 6 nitrogen and oxygen atoms in total. The van der Waals surface area contributed by atoms with Crippen molar-refractivity contribution < 1.29 is 19.4 Å². The minimum atomic E-state index is -0.737. The van der Waals surface area contributed by atoms with Crippen LogP contribution in [-0.2, 0) is 9.59 Å². The number of hydrogen-bond acceptors (Lipinski definition) is 5. The molecule has 3 aromatic carbocycles. The van der Waals surface area contributed by atoms with E-state index in [0.29, 0.717) is 17.9 Å². The van der Waals surface area contributed by atoms with Crippen LogP contribution in [-0.4, -0.2) is 37.0 Å². The molecule has 3 aromatic rings. The number of Topliss-reactive ketones (excluding diaryl/α,β-unsaturated/α-hetero) is 1. The maximum atomic E-state index is 13.3. The number of carbonyl (C=O) groups excluding carboxylic acids is 2. The summed E-state index contributed by atoms with van der Waals surface area (Å²) in [4.78, 5) is 30.0. The average Bonchev–Trinajstić information content (AvgIpc) is 3.10. The molecule has 1 atom stereocenters. The number of fused-ring (bicyclic) bond motifs is 1. The van der Waals surface area contributed by atoms with Gasteiger partial charge in [0.25, 0.3) is 11.7 Å². The summed E-state index contributed by atoms with van der Waals surface area (Å²) in [6, 6.07) is 21.3. The van der Waals surface area contributed by atoms with Gasteiger partial charge >= 0.3 is 0 Å². The van der Waals surface area contributed by atoms with Crippen molar-refractivity contribution in [3.8, 4) is 5.75 Å². The summed E-state index contributed by atoms with van der Waals surface area (Å²) >= 11 is 0. The number of aliphatic hydroxyl groups is 1. The Morgan fingerprint density at radius 1 is 1.00 bits per heavy atom. The molecule has 0 bridgehead atoms. The monoisotopic (exact) mass is 440 g/mol. The van der Waals surface area contributed by atoms with Crippen molar-refractivity contribution in [3.63, 3.8) is 0 Å². The molecule has 0 aliphatic carbocycles. The fraction of sp³-hybridized carbons (Fsp3) is 0.185. The fourth-order valence-electron chi connectivity index (χ4n) is 4.41. The molecule has 1 fully saturated rings. The van der Waals surface area contributed by atoms with Crippen molar-refractivity contribution in [2.45, 2.75) is 13.0 Å². The average molecular weight is 440 g/mol. The van der Waals surface area contributed by atoms with Crippen molar-refractivity contribution >= 4 is 28.8 Å². The molecule has 5 rings (SSSR count). The Hall–Kier alpha value is -4.06. The molecule has 2 aliphatic heterocycles. The maximum Gasteiger partial charge on any atom is 0.300 e. The summed E-state index contributed by atoms with van der Waals surface area (Å²) < 4.78 is 5.70. The van der Waals surface area contributed by atoms with Gasteiger partial charge in [-0.1, -0.05) is 48.0 Å². The van der Waals surface area contributed by atoms with Gasteiger partial charge in [-0.3, -0.25) is 14.5 Å². The van der Waals surface area contributed by atoms with Crippen LogP contribution in [0, 0.1) is 6.92 Å². The van der Waals surface area contributed by atoms with Gasteiger partial charge in [0.05, 0.1) is 23.8 Å². The van der Waals surface area contributed by atoms with Crippen LogP contribution < -0.4 is 14.5 Å². The van der Waals surface area contributed by atoms with Gasteiger partial charge in [-0.2, -0.15) is 0 Å². The highest BCUT2D eigenvalue weighted by Gasteiger charge is 2.47. The molecule has 0 spiro atoms. The van der Waals surface area contributed by atoms with E-state index in [-0.39, 0.29) is 11.3 Å². The quantitative estimate of drug-likeness (QED) is 0.370. The standard InChI is InChI=1S/C27H24N2O4/c1-17-8-11-20(12-9-17)29-24(18-6-4-3-5-7-18)23(26(31)27(29)32)25(30)19-10-13-22-21(16-19)28(2)14-15-33-22/h3-13,16,24,30H,14-15H2,1-2H3/b25-23-. The molecule has 1 N–H and O–H groups in total. The van der Waals surface area contributed by atoms with E-state index in [4.69, 9.17) is 4.74 Å². The largest absolute Gasteiger partial charge is 0.507 e. The fourth-order valence-corrected chi connectivity index (χ4v) is 4.41. The first-order valence-corrected chi connectivity index (χ1v) is 10.9. The van der Waals surface area contributed by atoms with E-state index in [9.17, 15) is 14.7 Å². The zero-order valence-electron chi connectivity index (χ0n) is 18.5. The third kappa shape index (κ3) is 3.53. The molecular formula is C27H24N2O4. The molecule has 0 aromatic heterocycles. The highest BCUT2D eigenvalue weighted by Crippen LogP contribution is 2.43. The predicted octanol–water partition coefficient (Wildman–Crippen LogP) is 4.45. The lowest BCUT2D eigenvalue weighted by molar-refractivity contribution is -0.132. The molecule has 33 heavy (non-hydrogen) atoms. The number of benzene rings is 3. The van der Waals surface area contributed by atoms with Gasteiger partial charge in [0.1, 0.15) is 18.1 Å². The van der Waals surface area contributed by atoms with Gasteiger partial charge in [0, 0.05) is 18.3 Å². The first-order valence-electron chi connectivity index (χ1n) is 10.9. The number of amides is 1. The Balaban J connectivity index is 1.69. The summed E-state index contributed by atoms with van der Waals surface area (Å²) in [5.74, 6) is -0.837. The zero-order valence-corrected chi connectivity index (χ0v) is 18.5. The minimum absolute atomic E-state index is 0.0751. The van der Waals surface area contributed by atoms with E-state index in [1.807, 2.05) is 73.5 Å². The van der Waals surface area contributed by atoms with Crippen LogP contribution in [0.15, 0.2) is 78.4 Å². The molecule has 6 heteroatoms. The zero-order chi connectivity index (χ0) is 23.1. The number of aliphatic hydroxyl groups excluding tert-OH is 1. The third-order valence-corrected chi connectivity index (χ3v) is 6.20. The topological polar surface area (TPSA) is 70.1 Å². The second kappa shape index (κ2) is 8.13. The maximum absolute atomic E-state index is 13.3. The summed E-state index contributed by atoms with van der Waals surface area (Å²) in [6.07, 6.45) is 0. The van der Waals surface area contributed by atoms with Crippen molar-refractivity contribution in [2.24, 2.45) is 0 Å². The second-order valence-electron chi connectivity index (χ2n) is 8.37.